The molecule has 0 fully saturated rings. The Balaban J connectivity index is 2.08. The van der Waals surface area contributed by atoms with Crippen LogP contribution < -0.4 is 4.74 Å². The van der Waals surface area contributed by atoms with Crippen LogP contribution in [0.2, 0.25) is 0 Å². The number of aromatic nitrogens is 1. The van der Waals surface area contributed by atoms with Crippen molar-refractivity contribution in [2.24, 2.45) is 0 Å². The molecule has 0 aliphatic carbocycles. The first kappa shape index (κ1) is 24.7. The van der Waals surface area contributed by atoms with Gasteiger partial charge in [0.1, 0.15) is 15.6 Å². The Morgan fingerprint density at radius 2 is 1.88 bits per heavy atom. The van der Waals surface area contributed by atoms with E-state index in [-0.39, 0.29) is 26.8 Å². The molecule has 0 saturated carbocycles. The molecule has 3 rings (SSSR count). The number of sulfone groups is 1. The average molecular weight is 493 g/mol. The van der Waals surface area contributed by atoms with Crippen molar-refractivity contribution in [2.75, 3.05) is 14.2 Å². The largest absolute Gasteiger partial charge is 0.497 e. The van der Waals surface area contributed by atoms with Gasteiger partial charge in [-0.3, -0.25) is 0 Å². The molecule has 176 valence electrons. The number of pyridine rings is 1. The first-order valence-corrected chi connectivity index (χ1v) is 12.3. The Bertz CT molecular complexity index is 1270. The van der Waals surface area contributed by atoms with Crippen LogP contribution in [-0.2, 0) is 21.1 Å². The lowest BCUT2D eigenvalue weighted by molar-refractivity contribution is 0.0286. The molecule has 2 heterocycles. The summed E-state index contributed by atoms with van der Waals surface area (Å²) < 4.78 is 52.1. The highest BCUT2D eigenvalue weighted by Crippen LogP contribution is 2.40. The van der Waals surface area contributed by atoms with Crippen molar-refractivity contribution < 1.29 is 27.1 Å². The van der Waals surface area contributed by atoms with Gasteiger partial charge in [0, 0.05) is 29.2 Å². The minimum Gasteiger partial charge on any atom is -0.497 e. The molecule has 0 atom stereocenters. The smallest absolute Gasteiger partial charge is 0.410 e. The third kappa shape index (κ3) is 5.69. The van der Waals surface area contributed by atoms with Crippen LogP contribution in [0, 0.1) is 5.95 Å². The maximum Gasteiger partial charge on any atom is 0.410 e. The monoisotopic (exact) mass is 492 g/mol. The van der Waals surface area contributed by atoms with Crippen molar-refractivity contribution in [3.63, 3.8) is 0 Å². The molecule has 0 N–H and O–H groups in total. The van der Waals surface area contributed by atoms with E-state index in [4.69, 9.17) is 9.47 Å². The Morgan fingerprint density at radius 3 is 2.52 bits per heavy atom. The van der Waals surface area contributed by atoms with E-state index in [2.05, 4.69) is 4.98 Å². The lowest BCUT2D eigenvalue weighted by Gasteiger charge is -2.24. The summed E-state index contributed by atoms with van der Waals surface area (Å²) in [7, 11) is -1.03. The number of rotatable bonds is 6. The number of methoxy groups -OCH3 is 1. The van der Waals surface area contributed by atoms with Crippen LogP contribution in [0.1, 0.15) is 25.6 Å². The number of carbonyl (C=O) groups excluding carboxylic acids is 1. The molecule has 0 radical (unpaired) electrons. The second-order valence-corrected chi connectivity index (χ2v) is 11.6. The molecule has 0 aliphatic heterocycles. The van der Waals surface area contributed by atoms with Gasteiger partial charge >= 0.3 is 6.09 Å². The zero-order chi connectivity index (χ0) is 24.4. The highest BCUT2D eigenvalue weighted by Gasteiger charge is 2.28. The van der Waals surface area contributed by atoms with Crippen molar-refractivity contribution in [3.8, 4) is 16.9 Å². The second kappa shape index (κ2) is 9.48. The van der Waals surface area contributed by atoms with Crippen LogP contribution >= 0.6 is 11.3 Å². The van der Waals surface area contributed by atoms with Crippen LogP contribution in [0.4, 0.5) is 9.18 Å². The van der Waals surface area contributed by atoms with Gasteiger partial charge in [0.15, 0.2) is 0 Å². The summed E-state index contributed by atoms with van der Waals surface area (Å²) in [5.74, 6) is -0.406. The van der Waals surface area contributed by atoms with Crippen molar-refractivity contribution in [3.05, 3.63) is 59.5 Å². The fraction of sp³-hybridized carbons (Fsp3) is 0.304. The van der Waals surface area contributed by atoms with E-state index in [0.29, 0.717) is 10.6 Å². The fourth-order valence-corrected chi connectivity index (χ4v) is 6.19. The summed E-state index contributed by atoms with van der Waals surface area (Å²) in [6.45, 7) is 5.35. The van der Waals surface area contributed by atoms with Gasteiger partial charge < -0.3 is 14.4 Å². The summed E-state index contributed by atoms with van der Waals surface area (Å²) in [5, 5.41) is 0. The van der Waals surface area contributed by atoms with Crippen molar-refractivity contribution in [1.29, 1.82) is 0 Å². The molecule has 10 heteroatoms. The molecule has 1 aromatic carbocycles. The third-order valence-corrected chi connectivity index (χ3v) is 7.90. The Kier molecular flexibility index (Phi) is 7.08. The standard InChI is InChI=1S/C23H25FN2O5S2/c1-23(2,3)31-22(27)26(4)14-16-13-19(18-10-7-11-25-20(18)24)21(32-16)33(28,29)17-9-6-8-15(12-17)30-5/h6-13H,14H2,1-5H3. The predicted octanol–water partition coefficient (Wildman–Crippen LogP) is 5.16. The number of benzene rings is 1. The lowest BCUT2D eigenvalue weighted by atomic mass is 10.1. The maximum atomic E-state index is 14.5. The SMILES string of the molecule is COc1cccc(S(=O)(=O)c2sc(CN(C)C(=O)OC(C)(C)C)cc2-c2cccnc2F)c1. The molecule has 0 saturated heterocycles. The van der Waals surface area contributed by atoms with Gasteiger partial charge in [-0.2, -0.15) is 4.39 Å². The molecule has 33 heavy (non-hydrogen) atoms. The molecule has 0 spiro atoms. The van der Waals surface area contributed by atoms with Crippen LogP contribution in [0.15, 0.2) is 57.8 Å². The number of hydrogen-bond acceptors (Lipinski definition) is 7. The highest BCUT2D eigenvalue weighted by molar-refractivity contribution is 7.93. The van der Waals surface area contributed by atoms with Crippen molar-refractivity contribution in [1.82, 2.24) is 9.88 Å². The van der Waals surface area contributed by atoms with Gasteiger partial charge in [0.2, 0.25) is 15.8 Å². The van der Waals surface area contributed by atoms with Gasteiger partial charge in [-0.05, 0) is 57.2 Å². The van der Waals surface area contributed by atoms with E-state index in [1.807, 2.05) is 0 Å². The second-order valence-electron chi connectivity index (χ2n) is 8.27. The zero-order valence-electron chi connectivity index (χ0n) is 19.0. The van der Waals surface area contributed by atoms with E-state index in [1.54, 1.807) is 46.0 Å². The van der Waals surface area contributed by atoms with E-state index < -0.39 is 27.5 Å². The van der Waals surface area contributed by atoms with E-state index in [9.17, 15) is 17.6 Å². The van der Waals surface area contributed by atoms with E-state index in [0.717, 1.165) is 11.3 Å². The van der Waals surface area contributed by atoms with Gasteiger partial charge in [-0.25, -0.2) is 18.2 Å². The van der Waals surface area contributed by atoms with Crippen molar-refractivity contribution in [2.45, 2.75) is 42.0 Å². The molecule has 0 unspecified atom stereocenters. The van der Waals surface area contributed by atoms with Gasteiger partial charge in [-0.1, -0.05) is 6.07 Å². The predicted molar refractivity (Wildman–Crippen MR) is 124 cm³/mol. The number of ether oxygens (including phenoxy) is 2. The topological polar surface area (TPSA) is 85.8 Å². The first-order valence-electron chi connectivity index (χ1n) is 9.99. The maximum absolute atomic E-state index is 14.5. The highest BCUT2D eigenvalue weighted by atomic mass is 32.2. The van der Waals surface area contributed by atoms with E-state index in [1.165, 1.54) is 42.5 Å². The minimum absolute atomic E-state index is 0.0151. The van der Waals surface area contributed by atoms with Crippen LogP contribution in [0.5, 0.6) is 5.75 Å². The number of nitrogens with zero attached hydrogens (tertiary/aromatic N) is 2. The molecule has 2 aromatic heterocycles. The summed E-state index contributed by atoms with van der Waals surface area (Å²) >= 11 is 0.969. The van der Waals surface area contributed by atoms with Crippen LogP contribution in [0.3, 0.4) is 0 Å². The Morgan fingerprint density at radius 1 is 1.15 bits per heavy atom. The summed E-state index contributed by atoms with van der Waals surface area (Å²) in [4.78, 5) is 17.9. The molecule has 3 aromatic rings. The Hall–Kier alpha value is -2.98. The first-order chi connectivity index (χ1) is 15.4. The molecular weight excluding hydrogens is 467 g/mol. The molecule has 0 bridgehead atoms. The average Bonchev–Trinajstić information content (AvgIpc) is 3.17. The zero-order valence-corrected chi connectivity index (χ0v) is 20.6. The summed E-state index contributed by atoms with van der Waals surface area (Å²) in [5.41, 5.74) is -0.437. The molecule has 0 aliphatic rings. The summed E-state index contributed by atoms with van der Waals surface area (Å²) in [6.07, 6.45) is 0.737. The van der Waals surface area contributed by atoms with E-state index >= 15 is 0 Å². The third-order valence-electron chi connectivity index (χ3n) is 4.49. The Labute approximate surface area is 196 Å². The van der Waals surface area contributed by atoms with Crippen LogP contribution in [-0.4, -0.2) is 44.2 Å². The fourth-order valence-electron chi connectivity index (χ4n) is 2.99. The van der Waals surface area contributed by atoms with Crippen molar-refractivity contribution >= 4 is 27.3 Å². The lowest BCUT2D eigenvalue weighted by Crippen LogP contribution is -2.33. The molecular formula is C23H25FN2O5S2. The van der Waals surface area contributed by atoms with Gasteiger partial charge in [0.05, 0.1) is 18.6 Å². The number of amides is 1. The number of hydrogen-bond donors (Lipinski definition) is 0. The quantitative estimate of drug-likeness (QED) is 0.442. The van der Waals surface area contributed by atoms with Crippen LogP contribution in [0.25, 0.3) is 11.1 Å². The number of thiophene rings is 1. The normalized spacial score (nSPS) is 11.8. The van der Waals surface area contributed by atoms with Gasteiger partial charge in [0.25, 0.3) is 0 Å². The van der Waals surface area contributed by atoms with Gasteiger partial charge in [-0.15, -0.1) is 11.3 Å². The molecule has 7 nitrogen and oxygen atoms in total. The molecule has 1 amide bonds. The summed E-state index contributed by atoms with van der Waals surface area (Å²) in [6, 6.07) is 10.6. The number of halogens is 1. The number of carbonyl (C=O) groups is 1. The minimum atomic E-state index is -4.02.